The number of aromatic nitrogens is 2. The van der Waals surface area contributed by atoms with Crippen molar-refractivity contribution < 1.29 is 4.39 Å². The van der Waals surface area contributed by atoms with Crippen molar-refractivity contribution in [2.45, 2.75) is 0 Å². The van der Waals surface area contributed by atoms with Crippen LogP contribution in [0.2, 0.25) is 5.02 Å². The quantitative estimate of drug-likeness (QED) is 0.469. The average Bonchev–Trinajstić information content (AvgIpc) is 2.71. The van der Waals surface area contributed by atoms with Crippen LogP contribution in [-0.2, 0) is 0 Å². The highest BCUT2D eigenvalue weighted by atomic mass is 35.5. The molecule has 1 aromatic heterocycles. The van der Waals surface area contributed by atoms with Crippen LogP contribution < -0.4 is 10.2 Å². The van der Waals surface area contributed by atoms with Crippen molar-refractivity contribution in [1.82, 2.24) is 9.97 Å². The standard InChI is InChI=1S/C22H18ClFN4/c1-28(2)17-7-3-14(4-8-17)15-5-10-21-18(11-15)22(26-13-25-21)27-16-6-9-20(24)19(23)12-16/h3-13H,1-2H3,(H,25,26,27). The fraction of sp³-hybridized carbons (Fsp3) is 0.0909. The van der Waals surface area contributed by atoms with E-state index in [9.17, 15) is 4.39 Å². The third-order valence-corrected chi connectivity index (χ3v) is 4.82. The molecule has 0 aliphatic heterocycles. The molecule has 4 aromatic rings. The third kappa shape index (κ3) is 3.62. The number of anilines is 3. The monoisotopic (exact) mass is 392 g/mol. The van der Waals surface area contributed by atoms with Crippen LogP contribution in [-0.4, -0.2) is 24.1 Å². The lowest BCUT2D eigenvalue weighted by Crippen LogP contribution is -2.07. The zero-order valence-electron chi connectivity index (χ0n) is 15.4. The number of nitrogens with one attached hydrogen (secondary N) is 1. The van der Waals surface area contributed by atoms with Gasteiger partial charge in [-0.05, 0) is 53.6 Å². The van der Waals surface area contributed by atoms with E-state index in [1.807, 2.05) is 32.3 Å². The van der Waals surface area contributed by atoms with Crippen molar-refractivity contribution in [3.05, 3.63) is 77.8 Å². The molecule has 6 heteroatoms. The van der Waals surface area contributed by atoms with Gasteiger partial charge >= 0.3 is 0 Å². The van der Waals surface area contributed by atoms with Crippen LogP contribution in [0.3, 0.4) is 0 Å². The summed E-state index contributed by atoms with van der Waals surface area (Å²) in [4.78, 5) is 10.8. The van der Waals surface area contributed by atoms with Crippen molar-refractivity contribution >= 4 is 39.7 Å². The van der Waals surface area contributed by atoms with Gasteiger partial charge in [0.25, 0.3) is 0 Å². The van der Waals surface area contributed by atoms with Gasteiger partial charge in [0.1, 0.15) is 18.0 Å². The number of rotatable bonds is 4. The van der Waals surface area contributed by atoms with Crippen LogP contribution in [0, 0.1) is 5.82 Å². The van der Waals surface area contributed by atoms with Crippen LogP contribution in [0.4, 0.5) is 21.6 Å². The summed E-state index contributed by atoms with van der Waals surface area (Å²) < 4.78 is 13.4. The summed E-state index contributed by atoms with van der Waals surface area (Å²) in [6, 6.07) is 18.9. The topological polar surface area (TPSA) is 41.1 Å². The molecule has 0 saturated carbocycles. The normalized spacial score (nSPS) is 10.9. The van der Waals surface area contributed by atoms with E-state index in [1.54, 1.807) is 6.07 Å². The molecule has 0 amide bonds. The first-order chi connectivity index (χ1) is 13.5. The molecule has 4 nitrogen and oxygen atoms in total. The van der Waals surface area contributed by atoms with Gasteiger partial charge in [0, 0.05) is 30.9 Å². The Balaban J connectivity index is 1.73. The summed E-state index contributed by atoms with van der Waals surface area (Å²) in [5.74, 6) is 0.183. The molecule has 140 valence electrons. The first kappa shape index (κ1) is 18.2. The Hall–Kier alpha value is -3.18. The number of halogens is 2. The highest BCUT2D eigenvalue weighted by Gasteiger charge is 2.08. The number of fused-ring (bicyclic) bond motifs is 1. The lowest BCUT2D eigenvalue weighted by molar-refractivity contribution is 0.628. The predicted molar refractivity (Wildman–Crippen MR) is 114 cm³/mol. The van der Waals surface area contributed by atoms with Gasteiger partial charge < -0.3 is 10.2 Å². The molecule has 0 aliphatic carbocycles. The van der Waals surface area contributed by atoms with Gasteiger partial charge in [-0.25, -0.2) is 14.4 Å². The second kappa shape index (κ2) is 7.44. The van der Waals surface area contributed by atoms with Crippen LogP contribution >= 0.6 is 11.6 Å². The van der Waals surface area contributed by atoms with Crippen LogP contribution in [0.5, 0.6) is 0 Å². The van der Waals surface area contributed by atoms with Crippen molar-refractivity contribution in [1.29, 1.82) is 0 Å². The van der Waals surface area contributed by atoms with Crippen molar-refractivity contribution in [2.75, 3.05) is 24.3 Å². The molecular formula is C22H18ClFN4. The van der Waals surface area contributed by atoms with Gasteiger partial charge in [0.15, 0.2) is 0 Å². The van der Waals surface area contributed by atoms with Gasteiger partial charge in [-0.1, -0.05) is 29.8 Å². The lowest BCUT2D eigenvalue weighted by Gasteiger charge is -2.13. The third-order valence-electron chi connectivity index (χ3n) is 4.53. The number of nitrogens with zero attached hydrogens (tertiary/aromatic N) is 3. The fourth-order valence-corrected chi connectivity index (χ4v) is 3.18. The molecule has 1 N–H and O–H groups in total. The van der Waals surface area contributed by atoms with E-state index in [1.165, 1.54) is 18.5 Å². The van der Waals surface area contributed by atoms with E-state index in [4.69, 9.17) is 11.6 Å². The summed E-state index contributed by atoms with van der Waals surface area (Å²) in [7, 11) is 4.03. The van der Waals surface area contributed by atoms with Crippen molar-refractivity contribution in [3.8, 4) is 11.1 Å². The van der Waals surface area contributed by atoms with Gasteiger partial charge in [-0.3, -0.25) is 0 Å². The van der Waals surface area contributed by atoms with E-state index in [2.05, 4.69) is 44.5 Å². The summed E-state index contributed by atoms with van der Waals surface area (Å²) in [5, 5.41) is 4.14. The first-order valence-electron chi connectivity index (χ1n) is 8.76. The smallest absolute Gasteiger partial charge is 0.141 e. The Morgan fingerprint density at radius 2 is 1.64 bits per heavy atom. The maximum Gasteiger partial charge on any atom is 0.141 e. The SMILES string of the molecule is CN(C)c1ccc(-c2ccc3ncnc(Nc4ccc(F)c(Cl)c4)c3c2)cc1. The Morgan fingerprint density at radius 3 is 2.36 bits per heavy atom. The van der Waals surface area contributed by atoms with E-state index in [-0.39, 0.29) is 5.02 Å². The average molecular weight is 393 g/mol. The number of hydrogen-bond donors (Lipinski definition) is 1. The van der Waals surface area contributed by atoms with Gasteiger partial charge in [-0.2, -0.15) is 0 Å². The predicted octanol–water partition coefficient (Wildman–Crippen LogP) is 5.90. The van der Waals surface area contributed by atoms with Crippen LogP contribution in [0.1, 0.15) is 0 Å². The van der Waals surface area contributed by atoms with Crippen molar-refractivity contribution in [3.63, 3.8) is 0 Å². The molecular weight excluding hydrogens is 375 g/mol. The molecule has 0 bridgehead atoms. The first-order valence-corrected chi connectivity index (χ1v) is 9.14. The van der Waals surface area contributed by atoms with E-state index < -0.39 is 5.82 Å². The molecule has 4 rings (SSSR count). The summed E-state index contributed by atoms with van der Waals surface area (Å²) in [5.41, 5.74) is 4.79. The highest BCUT2D eigenvalue weighted by molar-refractivity contribution is 6.31. The van der Waals surface area contributed by atoms with E-state index in [0.29, 0.717) is 11.5 Å². The molecule has 0 unspecified atom stereocenters. The Kier molecular flexibility index (Phi) is 4.84. The Bertz CT molecular complexity index is 1140. The van der Waals surface area contributed by atoms with Crippen LogP contribution in [0.15, 0.2) is 67.0 Å². The molecule has 0 saturated heterocycles. The van der Waals surface area contributed by atoms with E-state index >= 15 is 0 Å². The van der Waals surface area contributed by atoms with E-state index in [0.717, 1.165) is 27.7 Å². The number of benzene rings is 3. The van der Waals surface area contributed by atoms with Gasteiger partial charge in [0.2, 0.25) is 0 Å². The molecule has 3 aromatic carbocycles. The second-order valence-electron chi connectivity index (χ2n) is 6.65. The Labute approximate surface area is 167 Å². The maximum atomic E-state index is 13.4. The molecule has 0 radical (unpaired) electrons. The summed E-state index contributed by atoms with van der Waals surface area (Å²) in [6.45, 7) is 0. The zero-order valence-corrected chi connectivity index (χ0v) is 16.2. The molecule has 0 fully saturated rings. The summed E-state index contributed by atoms with van der Waals surface area (Å²) >= 11 is 5.89. The minimum absolute atomic E-state index is 0.0602. The second-order valence-corrected chi connectivity index (χ2v) is 7.06. The lowest BCUT2D eigenvalue weighted by atomic mass is 10.0. The largest absolute Gasteiger partial charge is 0.378 e. The van der Waals surface area contributed by atoms with Crippen molar-refractivity contribution in [2.24, 2.45) is 0 Å². The molecule has 0 aliphatic rings. The Morgan fingerprint density at radius 1 is 0.893 bits per heavy atom. The minimum atomic E-state index is -0.455. The zero-order chi connectivity index (χ0) is 19.7. The van der Waals surface area contributed by atoms with Crippen LogP contribution in [0.25, 0.3) is 22.0 Å². The maximum absolute atomic E-state index is 13.4. The number of hydrogen-bond acceptors (Lipinski definition) is 4. The molecule has 28 heavy (non-hydrogen) atoms. The summed E-state index contributed by atoms with van der Waals surface area (Å²) in [6.07, 6.45) is 1.50. The molecule has 0 atom stereocenters. The molecule has 0 spiro atoms. The highest BCUT2D eigenvalue weighted by Crippen LogP contribution is 2.30. The van der Waals surface area contributed by atoms with Gasteiger partial charge in [0.05, 0.1) is 10.5 Å². The minimum Gasteiger partial charge on any atom is -0.378 e. The fourth-order valence-electron chi connectivity index (χ4n) is 3.00. The molecule has 1 heterocycles. The van der Waals surface area contributed by atoms with Gasteiger partial charge in [-0.15, -0.1) is 0 Å².